The Labute approximate surface area is 155 Å². The molecule has 0 saturated carbocycles. The molecule has 0 aliphatic carbocycles. The molecule has 25 heavy (non-hydrogen) atoms. The zero-order chi connectivity index (χ0) is 17.6. The van der Waals surface area contributed by atoms with E-state index < -0.39 is 0 Å². The first-order chi connectivity index (χ1) is 12.1. The zero-order valence-corrected chi connectivity index (χ0v) is 14.6. The molecule has 0 spiro atoms. The Kier molecular flexibility index (Phi) is 5.48. The molecule has 2 aromatic carbocycles. The second kappa shape index (κ2) is 7.96. The third-order valence-electron chi connectivity index (χ3n) is 3.38. The topological polar surface area (TPSA) is 66.9 Å². The van der Waals surface area contributed by atoms with E-state index in [4.69, 9.17) is 23.2 Å². The van der Waals surface area contributed by atoms with Crippen molar-refractivity contribution in [3.63, 3.8) is 0 Å². The van der Waals surface area contributed by atoms with E-state index in [9.17, 15) is 4.79 Å². The van der Waals surface area contributed by atoms with Crippen LogP contribution in [0.4, 0.5) is 11.6 Å². The van der Waals surface area contributed by atoms with E-state index in [0.717, 1.165) is 5.56 Å². The number of halogens is 2. The first-order valence-electron chi connectivity index (χ1n) is 7.49. The number of amides is 1. The largest absolute Gasteiger partial charge is 0.365 e. The van der Waals surface area contributed by atoms with Crippen LogP contribution in [0.2, 0.25) is 10.0 Å². The smallest absolute Gasteiger partial charge is 0.256 e. The molecule has 0 aliphatic heterocycles. The third kappa shape index (κ3) is 4.92. The molecule has 0 bridgehead atoms. The summed E-state index contributed by atoms with van der Waals surface area (Å²) < 4.78 is 0. The Morgan fingerprint density at radius 3 is 2.28 bits per heavy atom. The summed E-state index contributed by atoms with van der Waals surface area (Å²) in [5, 5.41) is 15.1. The van der Waals surface area contributed by atoms with Crippen molar-refractivity contribution in [1.29, 1.82) is 0 Å². The van der Waals surface area contributed by atoms with Crippen molar-refractivity contribution in [2.24, 2.45) is 0 Å². The van der Waals surface area contributed by atoms with Gasteiger partial charge in [-0.05, 0) is 48.0 Å². The van der Waals surface area contributed by atoms with E-state index in [1.807, 2.05) is 24.3 Å². The molecule has 0 radical (unpaired) electrons. The fourth-order valence-corrected chi connectivity index (χ4v) is 2.42. The van der Waals surface area contributed by atoms with Crippen LogP contribution in [-0.2, 0) is 6.54 Å². The quantitative estimate of drug-likeness (QED) is 0.683. The number of carbonyl (C=O) groups is 1. The second-order valence-corrected chi connectivity index (χ2v) is 6.12. The molecule has 2 N–H and O–H groups in total. The maximum atomic E-state index is 12.1. The van der Waals surface area contributed by atoms with Crippen molar-refractivity contribution in [3.05, 3.63) is 81.8 Å². The van der Waals surface area contributed by atoms with E-state index in [-0.39, 0.29) is 5.91 Å². The summed E-state index contributed by atoms with van der Waals surface area (Å²) in [6, 6.07) is 17.6. The molecule has 1 aromatic heterocycles. The third-order valence-corrected chi connectivity index (χ3v) is 3.87. The molecular formula is C18H14Cl2N4O. The standard InChI is InChI=1S/C18H14Cl2N4O/c19-14-6-4-12(5-7-14)11-21-16-8-9-17(24-23-16)22-18(25)13-2-1-3-15(20)10-13/h1-10H,11H2,(H,21,23)(H,22,24,25). The molecule has 1 heterocycles. The normalized spacial score (nSPS) is 10.3. The molecule has 0 unspecified atom stereocenters. The van der Waals surface area contributed by atoms with Crippen LogP contribution in [0.25, 0.3) is 0 Å². The molecule has 3 aromatic rings. The summed E-state index contributed by atoms with van der Waals surface area (Å²) in [6.45, 7) is 0.597. The molecule has 0 fully saturated rings. The number of hydrogen-bond acceptors (Lipinski definition) is 4. The fourth-order valence-electron chi connectivity index (χ4n) is 2.11. The van der Waals surface area contributed by atoms with Crippen LogP contribution in [-0.4, -0.2) is 16.1 Å². The zero-order valence-electron chi connectivity index (χ0n) is 13.0. The lowest BCUT2D eigenvalue weighted by Crippen LogP contribution is -2.13. The Morgan fingerprint density at radius 1 is 0.880 bits per heavy atom. The summed E-state index contributed by atoms with van der Waals surface area (Å²) in [7, 11) is 0. The van der Waals surface area contributed by atoms with E-state index in [2.05, 4.69) is 20.8 Å². The summed E-state index contributed by atoms with van der Waals surface area (Å²) in [5.41, 5.74) is 1.53. The van der Waals surface area contributed by atoms with Crippen molar-refractivity contribution in [2.45, 2.75) is 6.54 Å². The van der Waals surface area contributed by atoms with Gasteiger partial charge in [0.15, 0.2) is 5.82 Å². The van der Waals surface area contributed by atoms with Crippen LogP contribution in [0.3, 0.4) is 0 Å². The number of rotatable bonds is 5. The molecular weight excluding hydrogens is 359 g/mol. The SMILES string of the molecule is O=C(Nc1ccc(NCc2ccc(Cl)cc2)nn1)c1cccc(Cl)c1. The maximum absolute atomic E-state index is 12.1. The number of hydrogen-bond donors (Lipinski definition) is 2. The van der Waals surface area contributed by atoms with E-state index >= 15 is 0 Å². The highest BCUT2D eigenvalue weighted by Crippen LogP contribution is 2.14. The van der Waals surface area contributed by atoms with Crippen LogP contribution in [0.5, 0.6) is 0 Å². The van der Waals surface area contributed by atoms with Crippen LogP contribution >= 0.6 is 23.2 Å². The van der Waals surface area contributed by atoms with E-state index in [0.29, 0.717) is 33.8 Å². The number of carbonyl (C=O) groups excluding carboxylic acids is 1. The Morgan fingerprint density at radius 2 is 1.60 bits per heavy atom. The number of nitrogens with one attached hydrogen (secondary N) is 2. The van der Waals surface area contributed by atoms with Gasteiger partial charge in [-0.1, -0.05) is 41.4 Å². The van der Waals surface area contributed by atoms with Gasteiger partial charge in [0.2, 0.25) is 0 Å². The van der Waals surface area contributed by atoms with Crippen LogP contribution in [0, 0.1) is 0 Å². The van der Waals surface area contributed by atoms with Gasteiger partial charge in [-0.2, -0.15) is 0 Å². The monoisotopic (exact) mass is 372 g/mol. The highest BCUT2D eigenvalue weighted by molar-refractivity contribution is 6.31. The molecule has 3 rings (SSSR count). The molecule has 0 saturated heterocycles. The van der Waals surface area contributed by atoms with Gasteiger partial charge >= 0.3 is 0 Å². The number of nitrogens with zero attached hydrogens (tertiary/aromatic N) is 2. The van der Waals surface area contributed by atoms with Gasteiger partial charge in [-0.3, -0.25) is 4.79 Å². The van der Waals surface area contributed by atoms with Crippen molar-refractivity contribution >= 4 is 40.7 Å². The first kappa shape index (κ1) is 17.2. The van der Waals surface area contributed by atoms with Gasteiger partial charge in [-0.15, -0.1) is 10.2 Å². The molecule has 7 heteroatoms. The predicted octanol–water partition coefficient (Wildman–Crippen LogP) is 4.65. The van der Waals surface area contributed by atoms with Crippen LogP contribution in [0.15, 0.2) is 60.7 Å². The minimum Gasteiger partial charge on any atom is -0.365 e. The Hall–Kier alpha value is -2.63. The lowest BCUT2D eigenvalue weighted by molar-refractivity contribution is 0.102. The highest BCUT2D eigenvalue weighted by Gasteiger charge is 2.07. The lowest BCUT2D eigenvalue weighted by Gasteiger charge is -2.07. The number of anilines is 2. The molecule has 126 valence electrons. The van der Waals surface area contributed by atoms with Crippen LogP contribution < -0.4 is 10.6 Å². The predicted molar refractivity (Wildman–Crippen MR) is 100 cm³/mol. The van der Waals surface area contributed by atoms with Gasteiger partial charge in [0, 0.05) is 22.2 Å². The molecule has 0 atom stereocenters. The van der Waals surface area contributed by atoms with Crippen molar-refractivity contribution in [3.8, 4) is 0 Å². The summed E-state index contributed by atoms with van der Waals surface area (Å²) in [5.74, 6) is 0.677. The van der Waals surface area contributed by atoms with E-state index in [1.165, 1.54) is 0 Å². The summed E-state index contributed by atoms with van der Waals surface area (Å²) >= 11 is 11.7. The van der Waals surface area contributed by atoms with Crippen molar-refractivity contribution in [1.82, 2.24) is 10.2 Å². The molecule has 0 aliphatic rings. The summed E-state index contributed by atoms with van der Waals surface area (Å²) in [4.78, 5) is 12.1. The minimum atomic E-state index is -0.293. The molecule has 5 nitrogen and oxygen atoms in total. The lowest BCUT2D eigenvalue weighted by atomic mass is 10.2. The number of benzene rings is 2. The van der Waals surface area contributed by atoms with Gasteiger partial charge < -0.3 is 10.6 Å². The Balaban J connectivity index is 1.58. The van der Waals surface area contributed by atoms with Crippen molar-refractivity contribution in [2.75, 3.05) is 10.6 Å². The first-order valence-corrected chi connectivity index (χ1v) is 8.25. The van der Waals surface area contributed by atoms with E-state index in [1.54, 1.807) is 36.4 Å². The maximum Gasteiger partial charge on any atom is 0.256 e. The van der Waals surface area contributed by atoms with Gasteiger partial charge in [0.05, 0.1) is 0 Å². The van der Waals surface area contributed by atoms with Crippen LogP contribution in [0.1, 0.15) is 15.9 Å². The minimum absolute atomic E-state index is 0.293. The fraction of sp³-hybridized carbons (Fsp3) is 0.0556. The summed E-state index contributed by atoms with van der Waals surface area (Å²) in [6.07, 6.45) is 0. The van der Waals surface area contributed by atoms with Gasteiger partial charge in [0.1, 0.15) is 5.82 Å². The second-order valence-electron chi connectivity index (χ2n) is 5.25. The molecule has 1 amide bonds. The Bertz CT molecular complexity index is 867. The van der Waals surface area contributed by atoms with Crippen molar-refractivity contribution < 1.29 is 4.79 Å². The average Bonchev–Trinajstić information content (AvgIpc) is 2.62. The number of aromatic nitrogens is 2. The van der Waals surface area contributed by atoms with Gasteiger partial charge in [-0.25, -0.2) is 0 Å². The highest BCUT2D eigenvalue weighted by atomic mass is 35.5. The average molecular weight is 373 g/mol. The van der Waals surface area contributed by atoms with Gasteiger partial charge in [0.25, 0.3) is 5.91 Å².